The molecule has 4 fully saturated rings. The molecule has 0 aromatic rings. The lowest BCUT2D eigenvalue weighted by molar-refractivity contribution is -0.316. The first kappa shape index (κ1) is 47.8. The van der Waals surface area contributed by atoms with Crippen LogP contribution < -0.4 is 0 Å². The minimum absolute atomic E-state index is 0.0852. The molecule has 2 N–H and O–H groups in total. The lowest BCUT2D eigenvalue weighted by atomic mass is 9.81. The molecule has 0 radical (unpaired) electrons. The summed E-state index contributed by atoms with van der Waals surface area (Å²) in [6, 6.07) is -1.05. The number of ether oxygens (including phenoxy) is 7. The van der Waals surface area contributed by atoms with Gasteiger partial charge in [-0.2, -0.15) is 0 Å². The standard InChI is InChI=1S/C46H75NO12/c1-12-32-20-26(2)19-27(3)21-38(54-10)41-39(55-11)23-29(5)46(52,59-41)42(49)43(50)47-18-14-13-15-33(47)44(51)56-40(30(6)35-25-36(32)58-45(7,8)57-35)28(4)22-31-16-17-34(48)37(24-31)53-9/h20,22,27,29-41,48,52H,12-19,21,23-25H2,1-11H3/b26-20+,28-22+/t27-,29+,30+,31-,32+,33-,34+,35-,36-,37+,38-,39-,40+,41+,46+/m0/s1. The van der Waals surface area contributed by atoms with Gasteiger partial charge in [0.25, 0.3) is 11.7 Å². The Hall–Kier alpha value is -2.23. The van der Waals surface area contributed by atoms with Gasteiger partial charge in [0.2, 0.25) is 5.79 Å². The molecule has 0 unspecified atom stereocenters. The second kappa shape index (κ2) is 20.3. The van der Waals surface area contributed by atoms with E-state index in [4.69, 9.17) is 33.2 Å². The first-order valence-corrected chi connectivity index (χ1v) is 22.3. The van der Waals surface area contributed by atoms with Crippen LogP contribution in [0.15, 0.2) is 23.3 Å². The van der Waals surface area contributed by atoms with E-state index in [-0.39, 0.29) is 54.9 Å². The summed E-state index contributed by atoms with van der Waals surface area (Å²) in [7, 11) is 4.77. The summed E-state index contributed by atoms with van der Waals surface area (Å²) in [6.45, 7) is 16.1. The highest BCUT2D eigenvalue weighted by atomic mass is 16.7. The van der Waals surface area contributed by atoms with Crippen LogP contribution in [0.1, 0.15) is 126 Å². The first-order valence-electron chi connectivity index (χ1n) is 22.3. The summed E-state index contributed by atoms with van der Waals surface area (Å²) in [5, 5.41) is 22.7. The number of Topliss-reactive ketones (excluding diaryl/α,β-unsaturated/α-hetero) is 1. The zero-order valence-corrected chi connectivity index (χ0v) is 37.6. The average Bonchev–Trinajstić information content (AvgIpc) is 3.20. The zero-order chi connectivity index (χ0) is 43.4. The number of fused-ring (bicyclic) bond motifs is 5. The monoisotopic (exact) mass is 834 g/mol. The summed E-state index contributed by atoms with van der Waals surface area (Å²) < 4.78 is 43.7. The number of carbonyl (C=O) groups excluding carboxylic acids is 3. The topological polar surface area (TPSA) is 160 Å². The van der Waals surface area contributed by atoms with Crippen molar-refractivity contribution in [1.82, 2.24) is 4.90 Å². The minimum atomic E-state index is -2.46. The molecule has 13 nitrogen and oxygen atoms in total. The number of hydrogen-bond acceptors (Lipinski definition) is 12. The van der Waals surface area contributed by atoms with Crippen LogP contribution in [0.5, 0.6) is 0 Å². The highest BCUT2D eigenvalue weighted by Crippen LogP contribution is 2.41. The van der Waals surface area contributed by atoms with Gasteiger partial charge in [0.05, 0.1) is 36.6 Å². The summed E-state index contributed by atoms with van der Waals surface area (Å²) in [4.78, 5) is 44.6. The largest absolute Gasteiger partial charge is 0.456 e. The van der Waals surface area contributed by atoms with Gasteiger partial charge in [-0.05, 0) is 109 Å². The van der Waals surface area contributed by atoms with Gasteiger partial charge >= 0.3 is 5.97 Å². The molecule has 15 atom stereocenters. The SMILES string of the molecule is CC[C@@H]1/C=C(\C)C[C@H](C)C[C@H](OC)[C@H]2O[C@@](O)(C(=O)C(=O)N3CCCC[C@H]3C(=O)O[C@H](/C(C)=C/[C@@H]3CC[C@@H](O)[C@H](OC)C3)[C@H](C)[C@@H]3C[C@@H]1OC(C)(C)O3)[C@H](C)C[C@@H]2OC. The van der Waals surface area contributed by atoms with Crippen LogP contribution in [0, 0.1) is 29.6 Å². The number of amides is 1. The van der Waals surface area contributed by atoms with E-state index in [1.807, 2.05) is 27.7 Å². The van der Waals surface area contributed by atoms with E-state index < -0.39 is 71.7 Å². The van der Waals surface area contributed by atoms with Crippen LogP contribution in [0.4, 0.5) is 0 Å². The fourth-order valence-electron chi connectivity index (χ4n) is 10.6. The lowest BCUT2D eigenvalue weighted by Crippen LogP contribution is -2.64. The Kier molecular flexibility index (Phi) is 16.5. The van der Waals surface area contributed by atoms with Crippen LogP contribution >= 0.6 is 0 Å². The van der Waals surface area contributed by atoms with E-state index in [1.54, 1.807) is 28.3 Å². The zero-order valence-electron chi connectivity index (χ0n) is 37.6. The molecule has 5 aliphatic rings. The number of piperidine rings is 1. The van der Waals surface area contributed by atoms with Gasteiger partial charge in [-0.1, -0.05) is 45.4 Å². The van der Waals surface area contributed by atoms with Crippen molar-refractivity contribution >= 4 is 17.7 Å². The van der Waals surface area contributed by atoms with Crippen molar-refractivity contribution in [2.24, 2.45) is 29.6 Å². The lowest BCUT2D eigenvalue weighted by Gasteiger charge is -2.47. The number of cyclic esters (lactones) is 1. The number of rotatable bonds is 6. The smallest absolute Gasteiger partial charge is 0.329 e. The normalized spacial score (nSPS) is 43.1. The fraction of sp³-hybridized carbons (Fsp3) is 0.848. The van der Waals surface area contributed by atoms with Gasteiger partial charge in [0.1, 0.15) is 18.2 Å². The van der Waals surface area contributed by atoms with E-state index in [0.717, 1.165) is 24.8 Å². The molecule has 3 saturated heterocycles. The third-order valence-corrected chi connectivity index (χ3v) is 13.9. The number of aliphatic hydroxyl groups is 2. The van der Waals surface area contributed by atoms with Gasteiger partial charge < -0.3 is 48.3 Å². The van der Waals surface area contributed by atoms with Crippen molar-refractivity contribution < 1.29 is 57.8 Å². The van der Waals surface area contributed by atoms with Gasteiger partial charge in [0, 0.05) is 52.0 Å². The van der Waals surface area contributed by atoms with E-state index in [0.29, 0.717) is 44.9 Å². The van der Waals surface area contributed by atoms with Crippen molar-refractivity contribution in [3.05, 3.63) is 23.3 Å². The number of carbonyl (C=O) groups is 3. The van der Waals surface area contributed by atoms with Crippen molar-refractivity contribution in [3.8, 4) is 0 Å². The Morgan fingerprint density at radius 3 is 2.22 bits per heavy atom. The number of methoxy groups -OCH3 is 3. The maximum absolute atomic E-state index is 14.6. The highest BCUT2D eigenvalue weighted by Gasteiger charge is 2.57. The van der Waals surface area contributed by atoms with Crippen LogP contribution in [0.2, 0.25) is 0 Å². The van der Waals surface area contributed by atoms with Crippen molar-refractivity contribution in [1.29, 1.82) is 0 Å². The number of ketones is 1. The van der Waals surface area contributed by atoms with Crippen LogP contribution in [-0.2, 0) is 47.5 Å². The second-order valence-electron chi connectivity index (χ2n) is 18.9. The first-order chi connectivity index (χ1) is 27.9. The molecule has 0 aromatic heterocycles. The molecule has 5 rings (SSSR count). The maximum Gasteiger partial charge on any atom is 0.329 e. The molecule has 59 heavy (non-hydrogen) atoms. The predicted octanol–water partition coefficient (Wildman–Crippen LogP) is 6.06. The van der Waals surface area contributed by atoms with Gasteiger partial charge in [0.15, 0.2) is 5.79 Å². The molecule has 0 spiro atoms. The molecule has 1 saturated carbocycles. The molecule has 0 aromatic carbocycles. The quantitative estimate of drug-likeness (QED) is 0.181. The van der Waals surface area contributed by atoms with Crippen LogP contribution in [0.3, 0.4) is 0 Å². The Morgan fingerprint density at radius 2 is 1.56 bits per heavy atom. The minimum Gasteiger partial charge on any atom is -0.456 e. The number of esters is 1. The average molecular weight is 834 g/mol. The Balaban J connectivity index is 1.58. The molecular weight excluding hydrogens is 759 g/mol. The summed E-state index contributed by atoms with van der Waals surface area (Å²) in [5.41, 5.74) is 2.05. The number of aliphatic hydroxyl groups excluding tert-OH is 1. The van der Waals surface area contributed by atoms with E-state index in [1.165, 1.54) is 10.5 Å². The molecular formula is C46H75NO12. The molecule has 4 bridgehead atoms. The van der Waals surface area contributed by atoms with Gasteiger partial charge in [-0.3, -0.25) is 9.59 Å². The van der Waals surface area contributed by atoms with Gasteiger partial charge in [-0.15, -0.1) is 0 Å². The molecule has 1 aliphatic carbocycles. The molecule has 4 heterocycles. The van der Waals surface area contributed by atoms with Crippen LogP contribution in [0.25, 0.3) is 0 Å². The van der Waals surface area contributed by atoms with E-state index in [2.05, 4.69) is 32.9 Å². The van der Waals surface area contributed by atoms with Crippen molar-refractivity contribution in [2.45, 2.75) is 192 Å². The highest BCUT2D eigenvalue weighted by molar-refractivity contribution is 6.39. The molecule has 1 amide bonds. The second-order valence-corrected chi connectivity index (χ2v) is 18.9. The number of nitrogens with zero attached hydrogens (tertiary/aromatic N) is 1. The van der Waals surface area contributed by atoms with Crippen molar-refractivity contribution in [2.75, 3.05) is 27.9 Å². The van der Waals surface area contributed by atoms with Crippen LogP contribution in [-0.4, -0.2) is 127 Å². The molecule has 4 aliphatic heterocycles. The van der Waals surface area contributed by atoms with Crippen molar-refractivity contribution in [3.63, 3.8) is 0 Å². The third-order valence-electron chi connectivity index (χ3n) is 13.9. The fourth-order valence-corrected chi connectivity index (χ4v) is 10.6. The van der Waals surface area contributed by atoms with Gasteiger partial charge in [-0.25, -0.2) is 4.79 Å². The molecule has 13 heteroatoms. The predicted molar refractivity (Wildman–Crippen MR) is 221 cm³/mol. The number of hydrogen-bond donors (Lipinski definition) is 2. The molecule has 336 valence electrons. The Bertz CT molecular complexity index is 1510. The van der Waals surface area contributed by atoms with E-state index >= 15 is 0 Å². The summed E-state index contributed by atoms with van der Waals surface area (Å²) >= 11 is 0. The summed E-state index contributed by atoms with van der Waals surface area (Å²) in [5.74, 6) is -6.88. The number of allylic oxidation sites excluding steroid dienone is 2. The Labute approximate surface area is 352 Å². The third kappa shape index (κ3) is 11.1. The van der Waals surface area contributed by atoms with E-state index in [9.17, 15) is 24.6 Å². The summed E-state index contributed by atoms with van der Waals surface area (Å²) in [6.07, 6.45) is 7.00. The Morgan fingerprint density at radius 1 is 0.898 bits per heavy atom. The maximum atomic E-state index is 14.6.